The van der Waals surface area contributed by atoms with Crippen LogP contribution in [0.3, 0.4) is 0 Å². The van der Waals surface area contributed by atoms with Gasteiger partial charge in [0.15, 0.2) is 0 Å². The number of amides is 1. The van der Waals surface area contributed by atoms with Crippen molar-refractivity contribution in [1.82, 2.24) is 0 Å². The molecule has 4 N–H and O–H groups in total. The van der Waals surface area contributed by atoms with Crippen molar-refractivity contribution in [2.75, 3.05) is 5.32 Å². The molecular weight excluding hydrogens is 376 g/mol. The Labute approximate surface area is 172 Å². The molecule has 0 saturated heterocycles. The Morgan fingerprint density at radius 3 is 2.39 bits per heavy atom. The van der Waals surface area contributed by atoms with E-state index in [0.29, 0.717) is 11.4 Å². The lowest BCUT2D eigenvalue weighted by molar-refractivity contribution is -0.120. The first kappa shape index (κ1) is 22.2. The Morgan fingerprint density at radius 2 is 1.75 bits per heavy atom. The van der Waals surface area contributed by atoms with Gasteiger partial charge in [0.1, 0.15) is 11.9 Å². The summed E-state index contributed by atoms with van der Waals surface area (Å²) >= 11 is 0. The van der Waals surface area contributed by atoms with Crippen molar-refractivity contribution in [3.05, 3.63) is 60.2 Å². The van der Waals surface area contributed by atoms with E-state index < -0.39 is 6.10 Å². The predicted molar refractivity (Wildman–Crippen MR) is 114 cm³/mol. The smallest absolute Gasteiger partial charge is 0.229 e. The molecule has 0 spiro atoms. The van der Waals surface area contributed by atoms with E-state index in [0.717, 1.165) is 31.2 Å². The van der Waals surface area contributed by atoms with Crippen LogP contribution in [0.4, 0.5) is 5.69 Å². The zero-order valence-corrected chi connectivity index (χ0v) is 16.9. The summed E-state index contributed by atoms with van der Waals surface area (Å²) in [4.78, 5) is 12.5. The average molecular weight is 405 g/mol. The largest absolute Gasteiger partial charge is 0.488 e. The van der Waals surface area contributed by atoms with Gasteiger partial charge in [-0.05, 0) is 49.1 Å². The summed E-state index contributed by atoms with van der Waals surface area (Å²) in [5.74, 6) is 0.219. The van der Waals surface area contributed by atoms with Gasteiger partial charge in [-0.2, -0.15) is 0 Å². The predicted octanol–water partition coefficient (Wildman–Crippen LogP) is 4.07. The number of hydrogen-bond acceptors (Lipinski definition) is 4. The number of hydrogen-bond donors (Lipinski definition) is 3. The van der Waals surface area contributed by atoms with E-state index in [1.807, 2.05) is 61.5 Å². The van der Waals surface area contributed by atoms with Gasteiger partial charge in [-0.3, -0.25) is 4.79 Å². The highest BCUT2D eigenvalue weighted by molar-refractivity contribution is 5.92. The van der Waals surface area contributed by atoms with Gasteiger partial charge in [-0.15, -0.1) is 12.4 Å². The zero-order chi connectivity index (χ0) is 19.2. The number of benzene rings is 2. The van der Waals surface area contributed by atoms with E-state index in [2.05, 4.69) is 5.32 Å². The fraction of sp³-hybridized carbons (Fsp3) is 0.409. The maximum Gasteiger partial charge on any atom is 0.229 e. The Balaban J connectivity index is 0.00000280. The third kappa shape index (κ3) is 5.71. The average Bonchev–Trinajstić information content (AvgIpc) is 2.70. The standard InChI is InChI=1S/C22H28N2O3.ClH/c1-15(21(23)16-7-3-2-4-8-16)22(26)24-17-11-13-18(14-12-17)27-20-10-6-5-9-19(20)25;/h2-4,7-8,11-15,19-21,25H,5-6,9-10,23H2,1H3,(H,24,26);1H. The SMILES string of the molecule is CC(C(=O)Nc1ccc(OC2CCCCC2O)cc1)C(N)c1ccccc1.Cl. The fourth-order valence-corrected chi connectivity index (χ4v) is 3.39. The topological polar surface area (TPSA) is 84.6 Å². The molecule has 0 radical (unpaired) electrons. The highest BCUT2D eigenvalue weighted by Gasteiger charge is 2.25. The quantitative estimate of drug-likeness (QED) is 0.677. The van der Waals surface area contributed by atoms with Crippen LogP contribution in [0.5, 0.6) is 5.75 Å². The van der Waals surface area contributed by atoms with E-state index in [1.54, 1.807) is 0 Å². The summed E-state index contributed by atoms with van der Waals surface area (Å²) in [6.45, 7) is 1.83. The molecule has 1 aliphatic carbocycles. The summed E-state index contributed by atoms with van der Waals surface area (Å²) in [5.41, 5.74) is 7.87. The van der Waals surface area contributed by atoms with Crippen LogP contribution in [0.2, 0.25) is 0 Å². The molecule has 6 heteroatoms. The molecule has 1 aliphatic rings. The molecule has 1 fully saturated rings. The monoisotopic (exact) mass is 404 g/mol. The maximum atomic E-state index is 12.5. The number of nitrogens with two attached hydrogens (primary N) is 1. The summed E-state index contributed by atoms with van der Waals surface area (Å²) in [6, 6.07) is 16.5. The molecule has 0 aliphatic heterocycles. The van der Waals surface area contributed by atoms with Gasteiger partial charge in [-0.1, -0.05) is 43.7 Å². The van der Waals surface area contributed by atoms with Gasteiger partial charge >= 0.3 is 0 Å². The van der Waals surface area contributed by atoms with Gasteiger partial charge in [0.25, 0.3) is 0 Å². The van der Waals surface area contributed by atoms with Crippen molar-refractivity contribution in [3.8, 4) is 5.75 Å². The van der Waals surface area contributed by atoms with Gasteiger partial charge in [0, 0.05) is 11.7 Å². The molecule has 28 heavy (non-hydrogen) atoms. The number of halogens is 1. The zero-order valence-electron chi connectivity index (χ0n) is 16.1. The number of rotatable bonds is 6. The molecule has 1 saturated carbocycles. The number of nitrogens with one attached hydrogen (secondary N) is 1. The molecule has 1 amide bonds. The van der Waals surface area contributed by atoms with Gasteiger partial charge in [0.05, 0.1) is 12.0 Å². The van der Waals surface area contributed by atoms with Crippen LogP contribution < -0.4 is 15.8 Å². The Morgan fingerprint density at radius 1 is 1.11 bits per heavy atom. The molecule has 4 unspecified atom stereocenters. The van der Waals surface area contributed by atoms with Crippen LogP contribution in [0.15, 0.2) is 54.6 Å². The normalized spacial score (nSPS) is 21.1. The van der Waals surface area contributed by atoms with E-state index in [4.69, 9.17) is 10.5 Å². The van der Waals surface area contributed by atoms with E-state index in [1.165, 1.54) is 0 Å². The number of carbonyl (C=O) groups excluding carboxylic acids is 1. The lowest BCUT2D eigenvalue weighted by atomic mass is 9.94. The van der Waals surface area contributed by atoms with Crippen LogP contribution in [0, 0.1) is 5.92 Å². The van der Waals surface area contributed by atoms with Crippen molar-refractivity contribution in [1.29, 1.82) is 0 Å². The summed E-state index contributed by atoms with van der Waals surface area (Å²) in [5, 5.41) is 12.9. The van der Waals surface area contributed by atoms with Crippen LogP contribution in [0.25, 0.3) is 0 Å². The first-order valence-electron chi connectivity index (χ1n) is 9.61. The summed E-state index contributed by atoms with van der Waals surface area (Å²) in [6.07, 6.45) is 3.24. The Hall–Kier alpha value is -2.08. The molecule has 2 aromatic carbocycles. The minimum absolute atomic E-state index is 0. The molecule has 0 heterocycles. The lowest BCUT2D eigenvalue weighted by Gasteiger charge is -2.28. The fourth-order valence-electron chi connectivity index (χ4n) is 3.39. The minimum atomic E-state index is -0.404. The first-order chi connectivity index (χ1) is 13.0. The summed E-state index contributed by atoms with van der Waals surface area (Å²) in [7, 11) is 0. The second-order valence-electron chi connectivity index (χ2n) is 7.25. The molecular formula is C22H29ClN2O3. The number of ether oxygens (including phenoxy) is 1. The molecule has 3 rings (SSSR count). The number of aliphatic hydroxyl groups is 1. The Kier molecular flexibility index (Phi) is 8.30. The van der Waals surface area contributed by atoms with Crippen LogP contribution in [0.1, 0.15) is 44.2 Å². The highest BCUT2D eigenvalue weighted by Crippen LogP contribution is 2.26. The third-order valence-electron chi connectivity index (χ3n) is 5.21. The highest BCUT2D eigenvalue weighted by atomic mass is 35.5. The van der Waals surface area contributed by atoms with Crippen LogP contribution in [-0.4, -0.2) is 23.2 Å². The molecule has 0 bridgehead atoms. The van der Waals surface area contributed by atoms with Crippen molar-refractivity contribution >= 4 is 24.0 Å². The minimum Gasteiger partial charge on any atom is -0.488 e. The molecule has 4 atom stereocenters. The van der Waals surface area contributed by atoms with E-state index in [9.17, 15) is 9.90 Å². The number of aliphatic hydroxyl groups excluding tert-OH is 1. The molecule has 5 nitrogen and oxygen atoms in total. The van der Waals surface area contributed by atoms with Gasteiger partial charge in [-0.25, -0.2) is 0 Å². The second kappa shape index (κ2) is 10.5. The second-order valence-corrected chi connectivity index (χ2v) is 7.25. The van der Waals surface area contributed by atoms with Gasteiger partial charge in [0.2, 0.25) is 5.91 Å². The molecule has 152 valence electrons. The van der Waals surface area contributed by atoms with Crippen molar-refractivity contribution in [3.63, 3.8) is 0 Å². The number of anilines is 1. The van der Waals surface area contributed by atoms with Crippen molar-refractivity contribution in [2.45, 2.75) is 50.9 Å². The van der Waals surface area contributed by atoms with Crippen molar-refractivity contribution < 1.29 is 14.6 Å². The number of carbonyl (C=O) groups is 1. The first-order valence-corrected chi connectivity index (χ1v) is 9.61. The molecule has 0 aromatic heterocycles. The van der Waals surface area contributed by atoms with Crippen molar-refractivity contribution in [2.24, 2.45) is 11.7 Å². The van der Waals surface area contributed by atoms with Crippen LogP contribution >= 0.6 is 12.4 Å². The van der Waals surface area contributed by atoms with Crippen LogP contribution in [-0.2, 0) is 4.79 Å². The molecule has 2 aromatic rings. The Bertz CT molecular complexity index is 739. The van der Waals surface area contributed by atoms with E-state index >= 15 is 0 Å². The van der Waals surface area contributed by atoms with Gasteiger partial charge < -0.3 is 20.9 Å². The summed E-state index contributed by atoms with van der Waals surface area (Å²) < 4.78 is 5.89. The van der Waals surface area contributed by atoms with E-state index in [-0.39, 0.29) is 36.4 Å². The lowest BCUT2D eigenvalue weighted by Crippen LogP contribution is -2.34. The third-order valence-corrected chi connectivity index (χ3v) is 5.21. The maximum absolute atomic E-state index is 12.5.